The maximum Gasteiger partial charge on any atom is 0.308 e. The number of unbranched alkanes of at least 4 members (excludes halogenated alkanes) is 2. The summed E-state index contributed by atoms with van der Waals surface area (Å²) in [6.07, 6.45) is 5.20. The van der Waals surface area contributed by atoms with E-state index in [9.17, 15) is 19.5 Å². The number of aliphatic hydroxyl groups excluding tert-OH is 1. The third-order valence-corrected chi connectivity index (χ3v) is 8.72. The Morgan fingerprint density at radius 2 is 2.03 bits per heavy atom. The summed E-state index contributed by atoms with van der Waals surface area (Å²) in [5.41, 5.74) is -0.445. The SMILES string of the molecule is C=CCN(C(=O)C1N(CCCCCO)C(=O)[C@@H]2[C@H](C(=O)O)[C@@H]3CCC12S3)C(C)(C)C. The Morgan fingerprint density at radius 3 is 2.60 bits per heavy atom. The van der Waals surface area contributed by atoms with Gasteiger partial charge in [0.15, 0.2) is 0 Å². The molecule has 2 amide bonds. The predicted octanol–water partition coefficient (Wildman–Crippen LogP) is 2.14. The summed E-state index contributed by atoms with van der Waals surface area (Å²) in [6, 6.07) is -0.650. The first-order valence-electron chi connectivity index (χ1n) is 10.8. The van der Waals surface area contributed by atoms with Crippen molar-refractivity contribution in [1.29, 1.82) is 0 Å². The Balaban J connectivity index is 1.99. The Kier molecular flexibility index (Phi) is 6.58. The molecule has 3 rings (SSSR count). The molecule has 3 fully saturated rings. The van der Waals surface area contributed by atoms with Crippen LogP contribution in [-0.2, 0) is 14.4 Å². The van der Waals surface area contributed by atoms with Crippen molar-refractivity contribution < 1.29 is 24.6 Å². The molecule has 1 spiro atoms. The molecule has 8 heteroatoms. The van der Waals surface area contributed by atoms with Crippen LogP contribution in [0.15, 0.2) is 12.7 Å². The topological polar surface area (TPSA) is 98.2 Å². The highest BCUT2D eigenvalue weighted by Gasteiger charge is 2.74. The summed E-state index contributed by atoms with van der Waals surface area (Å²) in [6.45, 7) is 10.6. The summed E-state index contributed by atoms with van der Waals surface area (Å²) in [5.74, 6) is -2.60. The van der Waals surface area contributed by atoms with Gasteiger partial charge in [-0.2, -0.15) is 0 Å². The highest BCUT2D eigenvalue weighted by Crippen LogP contribution is 2.66. The maximum absolute atomic E-state index is 13.9. The number of aliphatic carboxylic acids is 1. The molecule has 5 atom stereocenters. The van der Waals surface area contributed by atoms with E-state index in [0.29, 0.717) is 32.4 Å². The summed E-state index contributed by atoms with van der Waals surface area (Å²) >= 11 is 1.56. The number of likely N-dealkylation sites (tertiary alicyclic amines) is 1. The van der Waals surface area contributed by atoms with Crippen LogP contribution in [0.2, 0.25) is 0 Å². The van der Waals surface area contributed by atoms with Gasteiger partial charge in [-0.3, -0.25) is 14.4 Å². The van der Waals surface area contributed by atoms with Gasteiger partial charge in [-0.05, 0) is 52.9 Å². The van der Waals surface area contributed by atoms with Crippen molar-refractivity contribution in [1.82, 2.24) is 9.80 Å². The van der Waals surface area contributed by atoms with Crippen LogP contribution < -0.4 is 0 Å². The second-order valence-corrected chi connectivity index (χ2v) is 11.2. The lowest BCUT2D eigenvalue weighted by molar-refractivity contribution is -0.148. The summed E-state index contributed by atoms with van der Waals surface area (Å²) in [4.78, 5) is 42.9. The molecule has 0 aromatic heterocycles. The van der Waals surface area contributed by atoms with Crippen LogP contribution >= 0.6 is 11.8 Å². The molecular formula is C22H34N2O5S. The number of fused-ring (bicyclic) bond motifs is 1. The zero-order valence-corrected chi connectivity index (χ0v) is 19.0. The number of amides is 2. The molecule has 2 unspecified atom stereocenters. The first-order chi connectivity index (χ1) is 14.1. The molecule has 7 nitrogen and oxygen atoms in total. The second-order valence-electron chi connectivity index (χ2n) is 9.62. The van der Waals surface area contributed by atoms with Crippen molar-refractivity contribution in [3.63, 3.8) is 0 Å². The molecule has 0 aliphatic carbocycles. The fourth-order valence-electron chi connectivity index (χ4n) is 5.50. The van der Waals surface area contributed by atoms with Crippen molar-refractivity contribution in [2.24, 2.45) is 11.8 Å². The fourth-order valence-corrected chi connectivity index (χ4v) is 7.70. The number of carbonyl (C=O) groups excluding carboxylic acids is 2. The highest BCUT2D eigenvalue weighted by atomic mass is 32.2. The third-order valence-electron chi connectivity index (χ3n) is 6.76. The largest absolute Gasteiger partial charge is 0.481 e. The molecule has 2 bridgehead atoms. The Hall–Kier alpha value is -1.54. The molecule has 2 N–H and O–H groups in total. The molecule has 0 aromatic rings. The van der Waals surface area contributed by atoms with Crippen LogP contribution in [0.3, 0.4) is 0 Å². The molecule has 0 saturated carbocycles. The van der Waals surface area contributed by atoms with Crippen molar-refractivity contribution >= 4 is 29.5 Å². The van der Waals surface area contributed by atoms with Crippen LogP contribution in [0.1, 0.15) is 52.9 Å². The van der Waals surface area contributed by atoms with E-state index in [2.05, 4.69) is 6.58 Å². The van der Waals surface area contributed by atoms with E-state index >= 15 is 0 Å². The van der Waals surface area contributed by atoms with Gasteiger partial charge in [0.05, 0.1) is 16.6 Å². The van der Waals surface area contributed by atoms with Crippen molar-refractivity contribution in [3.8, 4) is 0 Å². The summed E-state index contributed by atoms with van der Waals surface area (Å²) < 4.78 is -0.663. The molecule has 3 saturated heterocycles. The molecule has 3 heterocycles. The minimum atomic E-state index is -0.931. The molecule has 3 aliphatic rings. The maximum atomic E-state index is 13.9. The van der Waals surface area contributed by atoms with Gasteiger partial charge in [-0.15, -0.1) is 18.3 Å². The lowest BCUT2D eigenvalue weighted by Gasteiger charge is -2.42. The number of nitrogens with zero attached hydrogens (tertiary/aromatic N) is 2. The van der Waals surface area contributed by atoms with Gasteiger partial charge in [-0.25, -0.2) is 0 Å². The van der Waals surface area contributed by atoms with Crippen LogP contribution in [-0.4, -0.2) is 79.1 Å². The lowest BCUT2D eigenvalue weighted by Crippen LogP contribution is -2.58. The summed E-state index contributed by atoms with van der Waals surface area (Å²) in [5, 5.41) is 18.8. The average Bonchev–Trinajstić information content (AvgIpc) is 3.29. The van der Waals surface area contributed by atoms with E-state index in [1.54, 1.807) is 27.6 Å². The van der Waals surface area contributed by atoms with Gasteiger partial charge in [0.1, 0.15) is 6.04 Å². The summed E-state index contributed by atoms with van der Waals surface area (Å²) in [7, 11) is 0. The average molecular weight is 439 g/mol. The van der Waals surface area contributed by atoms with Crippen LogP contribution in [0, 0.1) is 11.8 Å². The molecule has 168 valence electrons. The van der Waals surface area contributed by atoms with Gasteiger partial charge in [-0.1, -0.05) is 6.08 Å². The number of rotatable bonds is 9. The van der Waals surface area contributed by atoms with Gasteiger partial charge in [0.2, 0.25) is 11.8 Å². The van der Waals surface area contributed by atoms with Gasteiger partial charge >= 0.3 is 5.97 Å². The first kappa shape index (κ1) is 23.1. The quantitative estimate of drug-likeness (QED) is 0.423. The Bertz CT molecular complexity index is 721. The fraction of sp³-hybridized carbons (Fsp3) is 0.773. The monoisotopic (exact) mass is 438 g/mol. The highest BCUT2D eigenvalue weighted by molar-refractivity contribution is 8.02. The lowest BCUT2D eigenvalue weighted by atomic mass is 9.71. The van der Waals surface area contributed by atoms with Gasteiger partial charge in [0.25, 0.3) is 0 Å². The van der Waals surface area contributed by atoms with Crippen molar-refractivity contribution in [2.75, 3.05) is 19.7 Å². The number of aliphatic hydroxyl groups is 1. The van der Waals surface area contributed by atoms with Crippen molar-refractivity contribution in [2.45, 2.75) is 74.5 Å². The number of thioether (sulfide) groups is 1. The molecule has 30 heavy (non-hydrogen) atoms. The number of carbonyl (C=O) groups is 3. The molecule has 0 radical (unpaired) electrons. The Labute approximate surface area is 182 Å². The molecule has 0 aromatic carbocycles. The smallest absolute Gasteiger partial charge is 0.308 e. The van der Waals surface area contributed by atoms with E-state index in [1.807, 2.05) is 20.8 Å². The predicted molar refractivity (Wildman–Crippen MR) is 116 cm³/mol. The second kappa shape index (κ2) is 8.54. The van der Waals surface area contributed by atoms with E-state index in [-0.39, 0.29) is 23.7 Å². The van der Waals surface area contributed by atoms with E-state index < -0.39 is 34.1 Å². The number of hydrogen-bond acceptors (Lipinski definition) is 5. The van der Waals surface area contributed by atoms with E-state index in [0.717, 1.165) is 12.8 Å². The Morgan fingerprint density at radius 1 is 1.33 bits per heavy atom. The number of carboxylic acids is 1. The van der Waals surface area contributed by atoms with Crippen LogP contribution in [0.5, 0.6) is 0 Å². The number of carboxylic acid groups (broad SMARTS) is 1. The molecular weight excluding hydrogens is 404 g/mol. The van der Waals surface area contributed by atoms with E-state index in [1.165, 1.54) is 0 Å². The van der Waals surface area contributed by atoms with Crippen molar-refractivity contribution in [3.05, 3.63) is 12.7 Å². The first-order valence-corrected chi connectivity index (χ1v) is 11.7. The van der Waals surface area contributed by atoms with Gasteiger partial charge < -0.3 is 20.0 Å². The number of hydrogen-bond donors (Lipinski definition) is 2. The van der Waals surface area contributed by atoms with Crippen LogP contribution in [0.25, 0.3) is 0 Å². The minimum absolute atomic E-state index is 0.0959. The third kappa shape index (κ3) is 3.66. The zero-order chi connectivity index (χ0) is 22.3. The normalized spacial score (nSPS) is 32.4. The minimum Gasteiger partial charge on any atom is -0.481 e. The van der Waals surface area contributed by atoms with Crippen LogP contribution in [0.4, 0.5) is 0 Å². The molecule has 3 aliphatic heterocycles. The van der Waals surface area contributed by atoms with E-state index in [4.69, 9.17) is 5.11 Å². The zero-order valence-electron chi connectivity index (χ0n) is 18.2. The standard InChI is InChI=1S/C22H34N2O5S/c1-5-11-24(21(2,3)4)19(27)17-22-10-9-14(30-22)15(20(28)29)16(22)18(26)23(17)12-7-6-8-13-25/h5,14-17,25H,1,6-13H2,2-4H3,(H,28,29)/t14-,15+,16-,17?,22?/m0/s1. The van der Waals surface area contributed by atoms with Gasteiger partial charge in [0, 0.05) is 30.5 Å².